The number of aromatic carboxylic acids is 1. The molecule has 20 heavy (non-hydrogen) atoms. The zero-order valence-electron chi connectivity index (χ0n) is 11.2. The van der Waals surface area contributed by atoms with Crippen LogP contribution in [0.2, 0.25) is 0 Å². The fourth-order valence-electron chi connectivity index (χ4n) is 2.43. The van der Waals surface area contributed by atoms with Gasteiger partial charge in [-0.3, -0.25) is 10.1 Å². The molecule has 0 saturated heterocycles. The van der Waals surface area contributed by atoms with Crippen LogP contribution in [-0.2, 0) is 0 Å². The van der Waals surface area contributed by atoms with E-state index in [0.717, 1.165) is 37.9 Å². The van der Waals surface area contributed by atoms with Crippen molar-refractivity contribution in [3.05, 3.63) is 27.9 Å². The number of carboxylic acid groups (broad SMARTS) is 1. The molecule has 1 fully saturated rings. The van der Waals surface area contributed by atoms with Crippen LogP contribution in [0.4, 0.5) is 11.5 Å². The van der Waals surface area contributed by atoms with Crippen LogP contribution in [0, 0.1) is 16.0 Å². The molecule has 1 aromatic heterocycles. The van der Waals surface area contributed by atoms with E-state index in [2.05, 4.69) is 17.2 Å². The summed E-state index contributed by atoms with van der Waals surface area (Å²) in [4.78, 5) is 25.1. The number of aromatic nitrogens is 1. The number of rotatable bonds is 4. The summed E-state index contributed by atoms with van der Waals surface area (Å²) in [5.41, 5.74) is -0.469. The van der Waals surface area contributed by atoms with E-state index in [1.165, 1.54) is 0 Å². The third-order valence-electron chi connectivity index (χ3n) is 3.67. The number of anilines is 1. The van der Waals surface area contributed by atoms with Crippen molar-refractivity contribution in [2.45, 2.75) is 38.6 Å². The first-order chi connectivity index (χ1) is 9.47. The Morgan fingerprint density at radius 3 is 2.65 bits per heavy atom. The lowest BCUT2D eigenvalue weighted by Gasteiger charge is -2.27. The highest BCUT2D eigenvalue weighted by Gasteiger charge is 2.22. The number of hydrogen-bond acceptors (Lipinski definition) is 5. The minimum Gasteiger partial charge on any atom is -0.478 e. The van der Waals surface area contributed by atoms with Gasteiger partial charge in [0.15, 0.2) is 0 Å². The topological polar surface area (TPSA) is 105 Å². The molecule has 2 rings (SSSR count). The second-order valence-electron chi connectivity index (χ2n) is 5.25. The van der Waals surface area contributed by atoms with E-state index in [1.54, 1.807) is 0 Å². The summed E-state index contributed by atoms with van der Waals surface area (Å²) in [6.07, 6.45) is 5.18. The molecule has 1 saturated carbocycles. The van der Waals surface area contributed by atoms with Gasteiger partial charge in [0.1, 0.15) is 17.6 Å². The van der Waals surface area contributed by atoms with E-state index in [-0.39, 0.29) is 23.1 Å². The summed E-state index contributed by atoms with van der Waals surface area (Å²) in [5.74, 6) is -0.313. The van der Waals surface area contributed by atoms with E-state index in [4.69, 9.17) is 5.11 Å². The normalized spacial score (nSPS) is 22.2. The van der Waals surface area contributed by atoms with Gasteiger partial charge in [-0.1, -0.05) is 6.92 Å². The Hall–Kier alpha value is -2.18. The van der Waals surface area contributed by atoms with Gasteiger partial charge in [0.2, 0.25) is 0 Å². The van der Waals surface area contributed by atoms with Gasteiger partial charge in [0.25, 0.3) is 5.69 Å². The van der Waals surface area contributed by atoms with Gasteiger partial charge in [-0.15, -0.1) is 0 Å². The molecule has 0 amide bonds. The maximum Gasteiger partial charge on any atom is 0.339 e. The zero-order chi connectivity index (χ0) is 14.7. The van der Waals surface area contributed by atoms with E-state index >= 15 is 0 Å². The number of hydrogen-bond donors (Lipinski definition) is 2. The number of carbonyl (C=O) groups is 1. The van der Waals surface area contributed by atoms with Crippen LogP contribution >= 0.6 is 0 Å². The third-order valence-corrected chi connectivity index (χ3v) is 3.67. The lowest BCUT2D eigenvalue weighted by Crippen LogP contribution is -2.26. The highest BCUT2D eigenvalue weighted by Crippen LogP contribution is 2.27. The smallest absolute Gasteiger partial charge is 0.339 e. The number of nitrogens with zero attached hydrogens (tertiary/aromatic N) is 2. The molecule has 0 atom stereocenters. The van der Waals surface area contributed by atoms with E-state index in [1.807, 2.05) is 0 Å². The Kier molecular flexibility index (Phi) is 4.16. The molecule has 0 unspecified atom stereocenters. The van der Waals surface area contributed by atoms with Gasteiger partial charge >= 0.3 is 5.97 Å². The van der Waals surface area contributed by atoms with Crippen molar-refractivity contribution < 1.29 is 14.8 Å². The van der Waals surface area contributed by atoms with Crippen LogP contribution in [-0.4, -0.2) is 27.0 Å². The van der Waals surface area contributed by atoms with Gasteiger partial charge in [-0.05, 0) is 31.6 Å². The molecule has 7 nitrogen and oxygen atoms in total. The summed E-state index contributed by atoms with van der Waals surface area (Å²) < 4.78 is 0. The Labute approximate surface area is 116 Å². The lowest BCUT2D eigenvalue weighted by atomic mass is 9.87. The quantitative estimate of drug-likeness (QED) is 0.648. The van der Waals surface area contributed by atoms with Crippen LogP contribution in [0.1, 0.15) is 43.0 Å². The van der Waals surface area contributed by atoms with Gasteiger partial charge in [-0.2, -0.15) is 0 Å². The van der Waals surface area contributed by atoms with Gasteiger partial charge in [-0.25, -0.2) is 9.78 Å². The van der Waals surface area contributed by atoms with Crippen molar-refractivity contribution in [2.75, 3.05) is 5.32 Å². The summed E-state index contributed by atoms with van der Waals surface area (Å²) in [7, 11) is 0. The fourth-order valence-corrected chi connectivity index (χ4v) is 2.43. The minimum absolute atomic E-state index is 0.155. The Balaban J connectivity index is 2.18. The molecule has 0 aliphatic heterocycles. The SMILES string of the molecule is CC1CCC(Nc2ncc([N+](=O)[O-])cc2C(=O)O)CC1. The highest BCUT2D eigenvalue weighted by molar-refractivity contribution is 5.93. The number of nitrogens with one attached hydrogen (secondary N) is 1. The molecular weight excluding hydrogens is 262 g/mol. The van der Waals surface area contributed by atoms with Crippen LogP contribution < -0.4 is 5.32 Å². The molecule has 0 aromatic carbocycles. The van der Waals surface area contributed by atoms with E-state index < -0.39 is 10.9 Å². The van der Waals surface area contributed by atoms with Gasteiger partial charge in [0.05, 0.1) is 4.92 Å². The Morgan fingerprint density at radius 2 is 2.10 bits per heavy atom. The van der Waals surface area contributed by atoms with Crippen molar-refractivity contribution >= 4 is 17.5 Å². The predicted octanol–water partition coefficient (Wildman–Crippen LogP) is 2.68. The predicted molar refractivity (Wildman–Crippen MR) is 72.9 cm³/mol. The van der Waals surface area contributed by atoms with Crippen molar-refractivity contribution in [2.24, 2.45) is 5.92 Å². The maximum absolute atomic E-state index is 11.2. The third kappa shape index (κ3) is 3.23. The second kappa shape index (κ2) is 5.85. The molecule has 0 bridgehead atoms. The van der Waals surface area contributed by atoms with E-state index in [9.17, 15) is 14.9 Å². The average Bonchev–Trinajstić information content (AvgIpc) is 2.41. The maximum atomic E-state index is 11.2. The molecule has 1 heterocycles. The first-order valence-corrected chi connectivity index (χ1v) is 6.61. The summed E-state index contributed by atoms with van der Waals surface area (Å²) in [6, 6.07) is 1.22. The van der Waals surface area contributed by atoms with Crippen molar-refractivity contribution in [3.8, 4) is 0 Å². The number of nitro groups is 1. The standard InChI is InChI=1S/C13H17N3O4/c1-8-2-4-9(5-3-8)15-12-11(13(17)18)6-10(7-14-12)16(19)20/h6-9H,2-5H2,1H3,(H,14,15)(H,17,18). The monoisotopic (exact) mass is 279 g/mol. The molecule has 7 heteroatoms. The van der Waals surface area contributed by atoms with E-state index in [0.29, 0.717) is 5.92 Å². The van der Waals surface area contributed by atoms with Gasteiger partial charge < -0.3 is 10.4 Å². The first-order valence-electron chi connectivity index (χ1n) is 6.61. The van der Waals surface area contributed by atoms with Crippen molar-refractivity contribution in [1.82, 2.24) is 4.98 Å². The fraction of sp³-hybridized carbons (Fsp3) is 0.538. The summed E-state index contributed by atoms with van der Waals surface area (Å²) in [6.45, 7) is 2.20. The van der Waals surface area contributed by atoms with Gasteiger partial charge in [0, 0.05) is 12.1 Å². The molecule has 1 aliphatic rings. The molecule has 1 aromatic rings. The summed E-state index contributed by atoms with van der Waals surface area (Å²) >= 11 is 0. The summed E-state index contributed by atoms with van der Waals surface area (Å²) in [5, 5.41) is 22.9. The molecule has 108 valence electrons. The lowest BCUT2D eigenvalue weighted by molar-refractivity contribution is -0.385. The van der Waals surface area contributed by atoms with Crippen molar-refractivity contribution in [1.29, 1.82) is 0 Å². The zero-order valence-corrected chi connectivity index (χ0v) is 11.2. The van der Waals surface area contributed by atoms with Crippen LogP contribution in [0.25, 0.3) is 0 Å². The number of pyridine rings is 1. The highest BCUT2D eigenvalue weighted by atomic mass is 16.6. The Morgan fingerprint density at radius 1 is 1.45 bits per heavy atom. The molecule has 2 N–H and O–H groups in total. The largest absolute Gasteiger partial charge is 0.478 e. The van der Waals surface area contributed by atoms with Crippen LogP contribution in [0.15, 0.2) is 12.3 Å². The van der Waals surface area contributed by atoms with Crippen LogP contribution in [0.5, 0.6) is 0 Å². The first kappa shape index (κ1) is 14.2. The van der Waals surface area contributed by atoms with Crippen molar-refractivity contribution in [3.63, 3.8) is 0 Å². The molecular formula is C13H17N3O4. The van der Waals surface area contributed by atoms with Crippen LogP contribution in [0.3, 0.4) is 0 Å². The second-order valence-corrected chi connectivity index (χ2v) is 5.25. The average molecular weight is 279 g/mol. The minimum atomic E-state index is -1.21. The number of carboxylic acids is 1. The molecule has 1 aliphatic carbocycles. The molecule has 0 spiro atoms. The molecule has 0 radical (unpaired) electrons. The Bertz CT molecular complexity index is 524.